The van der Waals surface area contributed by atoms with Crippen molar-refractivity contribution >= 4 is 11.9 Å². The Bertz CT molecular complexity index is 1150. The first-order valence-corrected chi connectivity index (χ1v) is 11.3. The highest BCUT2D eigenvalue weighted by Gasteiger charge is 2.56. The molecule has 1 fully saturated rings. The Hall–Kier alpha value is -3.17. The number of carbonyl (C=O) groups excluding carboxylic acids is 1. The van der Waals surface area contributed by atoms with E-state index in [1.165, 1.54) is 6.07 Å². The normalized spacial score (nSPS) is 27.5. The van der Waals surface area contributed by atoms with Crippen LogP contribution in [0.15, 0.2) is 30.9 Å². The van der Waals surface area contributed by atoms with Crippen molar-refractivity contribution in [2.45, 2.75) is 50.4 Å². The molecule has 5 rings (SSSR count). The van der Waals surface area contributed by atoms with Gasteiger partial charge in [0, 0.05) is 23.9 Å². The van der Waals surface area contributed by atoms with E-state index in [1.807, 2.05) is 6.92 Å². The first-order chi connectivity index (χ1) is 15.7. The molecule has 0 radical (unpaired) electrons. The number of carbonyl (C=O) groups is 2. The number of aryl methyl sites for hydroxylation is 1. The molecular weight excluding hydrogens is 422 g/mol. The summed E-state index contributed by atoms with van der Waals surface area (Å²) in [7, 11) is 0. The van der Waals surface area contributed by atoms with Gasteiger partial charge in [-0.25, -0.2) is 4.79 Å². The summed E-state index contributed by atoms with van der Waals surface area (Å²) in [6.07, 6.45) is 4.69. The van der Waals surface area contributed by atoms with Crippen LogP contribution >= 0.6 is 0 Å². The van der Waals surface area contributed by atoms with E-state index in [0.717, 1.165) is 24.1 Å². The molecule has 9 heteroatoms. The van der Waals surface area contributed by atoms with Crippen molar-refractivity contribution in [2.24, 2.45) is 23.3 Å². The predicted octanol–water partition coefficient (Wildman–Crippen LogP) is 2.07. The van der Waals surface area contributed by atoms with Gasteiger partial charge in [-0.1, -0.05) is 6.08 Å². The molecule has 2 unspecified atom stereocenters. The van der Waals surface area contributed by atoms with E-state index in [9.17, 15) is 14.7 Å². The zero-order chi connectivity index (χ0) is 23.5. The summed E-state index contributed by atoms with van der Waals surface area (Å²) in [6, 6.07) is 4.00. The number of benzene rings is 1. The molecule has 33 heavy (non-hydrogen) atoms. The molecule has 2 aliphatic carbocycles. The van der Waals surface area contributed by atoms with Crippen LogP contribution in [0.4, 0.5) is 0 Å². The summed E-state index contributed by atoms with van der Waals surface area (Å²) in [5.41, 5.74) is 14.9. The lowest BCUT2D eigenvalue weighted by Crippen LogP contribution is -2.64. The maximum Gasteiger partial charge on any atom is 0.335 e. The third kappa shape index (κ3) is 3.52. The van der Waals surface area contributed by atoms with Gasteiger partial charge in [-0.15, -0.1) is 6.58 Å². The summed E-state index contributed by atoms with van der Waals surface area (Å²) < 4.78 is 7.67. The van der Waals surface area contributed by atoms with E-state index in [0.29, 0.717) is 42.5 Å². The number of rotatable bonds is 7. The number of carboxylic acid groups (broad SMARTS) is 1. The zero-order valence-electron chi connectivity index (χ0n) is 18.6. The van der Waals surface area contributed by atoms with E-state index in [1.54, 1.807) is 22.9 Å². The second-order valence-corrected chi connectivity index (χ2v) is 9.52. The topological polar surface area (TPSA) is 145 Å². The van der Waals surface area contributed by atoms with Gasteiger partial charge in [0.25, 0.3) is 5.91 Å². The van der Waals surface area contributed by atoms with Gasteiger partial charge < -0.3 is 26.6 Å². The van der Waals surface area contributed by atoms with Crippen molar-refractivity contribution in [3.8, 4) is 5.75 Å². The summed E-state index contributed by atoms with van der Waals surface area (Å²) in [5.74, 6) is -0.830. The summed E-state index contributed by atoms with van der Waals surface area (Å²) in [5, 5.41) is 17.1. The molecule has 3 aliphatic rings. The van der Waals surface area contributed by atoms with E-state index >= 15 is 0 Å². The van der Waals surface area contributed by atoms with Gasteiger partial charge in [0.05, 0.1) is 23.9 Å². The summed E-state index contributed by atoms with van der Waals surface area (Å²) in [6.45, 7) is 6.73. The predicted molar refractivity (Wildman–Crippen MR) is 121 cm³/mol. The van der Waals surface area contributed by atoms with Gasteiger partial charge in [0.2, 0.25) is 0 Å². The van der Waals surface area contributed by atoms with Crippen LogP contribution in [-0.4, -0.2) is 39.0 Å². The average molecular weight is 452 g/mol. The minimum absolute atomic E-state index is 0.0682. The van der Waals surface area contributed by atoms with Crippen LogP contribution in [0.25, 0.3) is 0 Å². The van der Waals surface area contributed by atoms with Gasteiger partial charge in [-0.05, 0) is 55.9 Å². The number of hydrogen-bond acceptors (Lipinski definition) is 6. The van der Waals surface area contributed by atoms with Crippen molar-refractivity contribution in [1.82, 2.24) is 15.1 Å². The Labute approximate surface area is 191 Å². The minimum atomic E-state index is -1.33. The Morgan fingerprint density at radius 3 is 2.82 bits per heavy atom. The molecule has 2 aromatic rings. The van der Waals surface area contributed by atoms with Crippen LogP contribution in [0.3, 0.4) is 0 Å². The number of allylic oxidation sites excluding steroid dienone is 1. The number of aromatic nitrogens is 2. The van der Waals surface area contributed by atoms with E-state index in [2.05, 4.69) is 17.0 Å². The van der Waals surface area contributed by atoms with Crippen LogP contribution in [0, 0.1) is 18.8 Å². The number of nitrogens with zero attached hydrogens (tertiary/aromatic N) is 2. The van der Waals surface area contributed by atoms with E-state index in [-0.39, 0.29) is 23.3 Å². The van der Waals surface area contributed by atoms with Crippen molar-refractivity contribution in [1.29, 1.82) is 0 Å². The molecule has 1 aromatic heterocycles. The number of amides is 1. The number of nitrogens with two attached hydrogens (primary N) is 2. The standard InChI is InChI=1S/C24H29N5O4/c1-3-4-14-11-33-18-9-15(23(31)32)8-16-19(18)20(14)24(26,21(16)25)27-22(30)17-7-12(2)28-29(17)10-13-5-6-13/h3,7-9,13-14,20-21H,1,4-6,10-11,25-26H2,2H3,(H,27,30)(H,31,32)/t14-,20?,21?,24-/m1/s1. The first kappa shape index (κ1) is 21.7. The second kappa shape index (κ2) is 7.71. The molecule has 1 saturated carbocycles. The lowest BCUT2D eigenvalue weighted by molar-refractivity contribution is 0.0695. The Kier molecular flexibility index (Phi) is 5.06. The lowest BCUT2D eigenvalue weighted by atomic mass is 9.77. The van der Waals surface area contributed by atoms with Crippen molar-refractivity contribution < 1.29 is 19.4 Å². The maximum absolute atomic E-state index is 13.5. The second-order valence-electron chi connectivity index (χ2n) is 9.52. The molecule has 6 N–H and O–H groups in total. The third-order valence-electron chi connectivity index (χ3n) is 7.08. The van der Waals surface area contributed by atoms with Crippen LogP contribution in [0.1, 0.15) is 68.9 Å². The number of aromatic carboxylic acids is 1. The molecular formula is C24H29N5O4. The largest absolute Gasteiger partial charge is 0.493 e. The molecule has 174 valence electrons. The third-order valence-corrected chi connectivity index (χ3v) is 7.08. The Balaban J connectivity index is 1.55. The van der Waals surface area contributed by atoms with Crippen LogP contribution in [0.2, 0.25) is 0 Å². The molecule has 0 saturated heterocycles. The van der Waals surface area contributed by atoms with Crippen molar-refractivity contribution in [3.63, 3.8) is 0 Å². The number of ether oxygens (including phenoxy) is 1. The van der Waals surface area contributed by atoms with Gasteiger partial charge >= 0.3 is 5.97 Å². The molecule has 1 aromatic carbocycles. The fourth-order valence-electron chi connectivity index (χ4n) is 5.34. The fraction of sp³-hybridized carbons (Fsp3) is 0.458. The SMILES string of the molecule is C=CC[C@@H]1COc2cc(C(=O)O)cc3c2C1[C@@](N)(NC(=O)c1cc(C)nn1CC1CC1)C3N. The number of nitrogens with one attached hydrogen (secondary N) is 1. The lowest BCUT2D eigenvalue weighted by Gasteiger charge is -2.41. The van der Waals surface area contributed by atoms with Gasteiger partial charge in [0.15, 0.2) is 0 Å². The van der Waals surface area contributed by atoms with Gasteiger partial charge in [-0.2, -0.15) is 5.10 Å². The molecule has 0 bridgehead atoms. The fourth-order valence-corrected chi connectivity index (χ4v) is 5.34. The van der Waals surface area contributed by atoms with Gasteiger partial charge in [0.1, 0.15) is 17.1 Å². The van der Waals surface area contributed by atoms with Crippen LogP contribution < -0.4 is 21.5 Å². The highest BCUT2D eigenvalue weighted by molar-refractivity contribution is 5.94. The van der Waals surface area contributed by atoms with E-state index in [4.69, 9.17) is 16.2 Å². The Morgan fingerprint density at radius 1 is 1.39 bits per heavy atom. The highest BCUT2D eigenvalue weighted by atomic mass is 16.5. The molecule has 4 atom stereocenters. The zero-order valence-corrected chi connectivity index (χ0v) is 18.6. The number of hydrogen-bond donors (Lipinski definition) is 4. The molecule has 1 amide bonds. The van der Waals surface area contributed by atoms with Crippen molar-refractivity contribution in [2.75, 3.05) is 6.61 Å². The van der Waals surface area contributed by atoms with Crippen LogP contribution in [-0.2, 0) is 6.54 Å². The highest BCUT2D eigenvalue weighted by Crippen LogP contribution is 2.55. The summed E-state index contributed by atoms with van der Waals surface area (Å²) in [4.78, 5) is 25.2. The van der Waals surface area contributed by atoms with Gasteiger partial charge in [-0.3, -0.25) is 9.48 Å². The van der Waals surface area contributed by atoms with Crippen molar-refractivity contribution in [3.05, 3.63) is 58.9 Å². The molecule has 2 heterocycles. The molecule has 9 nitrogen and oxygen atoms in total. The minimum Gasteiger partial charge on any atom is -0.493 e. The maximum atomic E-state index is 13.5. The quantitative estimate of drug-likeness (QED) is 0.372. The molecule has 1 aliphatic heterocycles. The monoisotopic (exact) mass is 451 g/mol. The Morgan fingerprint density at radius 2 is 2.15 bits per heavy atom. The molecule has 0 spiro atoms. The summed E-state index contributed by atoms with van der Waals surface area (Å²) >= 11 is 0. The van der Waals surface area contributed by atoms with E-state index < -0.39 is 17.7 Å². The first-order valence-electron chi connectivity index (χ1n) is 11.3. The van der Waals surface area contributed by atoms with Crippen LogP contribution in [0.5, 0.6) is 5.75 Å². The number of carboxylic acids is 1. The average Bonchev–Trinajstić information content (AvgIpc) is 3.46. The smallest absolute Gasteiger partial charge is 0.335 e.